The van der Waals surface area contributed by atoms with Gasteiger partial charge in [-0.1, -0.05) is 115 Å². The van der Waals surface area contributed by atoms with Crippen LogP contribution < -0.4 is 0 Å². The highest BCUT2D eigenvalue weighted by Gasteiger charge is 2.22. The maximum atomic E-state index is 2.51. The zero-order valence-corrected chi connectivity index (χ0v) is 22.5. The van der Waals surface area contributed by atoms with Gasteiger partial charge in [0.1, 0.15) is 0 Å². The second kappa shape index (κ2) is 8.29. The Balaban J connectivity index is 1.54. The topological polar surface area (TPSA) is 4.93 Å². The summed E-state index contributed by atoms with van der Waals surface area (Å²) in [5.74, 6) is 0. The molecule has 0 aliphatic carbocycles. The van der Waals surface area contributed by atoms with Gasteiger partial charge in [0.15, 0.2) is 0 Å². The summed E-state index contributed by atoms with van der Waals surface area (Å²) in [6.07, 6.45) is 0. The van der Waals surface area contributed by atoms with Gasteiger partial charge in [0, 0.05) is 47.4 Å². The van der Waals surface area contributed by atoms with Crippen LogP contribution in [0.2, 0.25) is 0 Å². The molecule has 40 heavy (non-hydrogen) atoms. The Bertz CT molecular complexity index is 2420. The highest BCUT2D eigenvalue weighted by Crippen LogP contribution is 2.48. The molecular formula is C38H23NS. The molecule has 0 N–H and O–H groups in total. The van der Waals surface area contributed by atoms with Crippen molar-refractivity contribution in [2.75, 3.05) is 0 Å². The Labute approximate surface area is 235 Å². The zero-order valence-electron chi connectivity index (χ0n) is 21.6. The summed E-state index contributed by atoms with van der Waals surface area (Å²) in [6.45, 7) is 0. The van der Waals surface area contributed by atoms with E-state index < -0.39 is 0 Å². The summed E-state index contributed by atoms with van der Waals surface area (Å²) in [7, 11) is 0. The van der Waals surface area contributed by atoms with E-state index in [-0.39, 0.29) is 0 Å². The Morgan fingerprint density at radius 2 is 1.12 bits per heavy atom. The van der Waals surface area contributed by atoms with Gasteiger partial charge in [0.05, 0.1) is 11.0 Å². The number of hydrogen-bond donors (Lipinski definition) is 0. The van der Waals surface area contributed by atoms with Gasteiger partial charge >= 0.3 is 0 Å². The highest BCUT2D eigenvalue weighted by atomic mass is 32.1. The van der Waals surface area contributed by atoms with Gasteiger partial charge in [-0.3, -0.25) is 0 Å². The van der Waals surface area contributed by atoms with Gasteiger partial charge in [0.2, 0.25) is 0 Å². The fourth-order valence-electron chi connectivity index (χ4n) is 6.67. The normalized spacial score (nSPS) is 12.0. The predicted octanol–water partition coefficient (Wildman–Crippen LogP) is 11.1. The Morgan fingerprint density at radius 3 is 1.98 bits per heavy atom. The van der Waals surface area contributed by atoms with E-state index in [1.165, 1.54) is 80.3 Å². The van der Waals surface area contributed by atoms with Gasteiger partial charge in [0.25, 0.3) is 0 Å². The van der Waals surface area contributed by atoms with Crippen molar-refractivity contribution in [1.29, 1.82) is 0 Å². The number of nitrogens with zero attached hydrogens (tertiary/aromatic N) is 1. The Morgan fingerprint density at radius 1 is 0.475 bits per heavy atom. The monoisotopic (exact) mass is 525 g/mol. The molecule has 186 valence electrons. The average molecular weight is 526 g/mol. The summed E-state index contributed by atoms with van der Waals surface area (Å²) in [6, 6.07) is 51.0. The van der Waals surface area contributed by atoms with E-state index in [0.717, 1.165) is 0 Å². The van der Waals surface area contributed by atoms with Crippen molar-refractivity contribution < 1.29 is 0 Å². The van der Waals surface area contributed by atoms with Crippen molar-refractivity contribution in [3.8, 4) is 16.8 Å². The van der Waals surface area contributed by atoms with Crippen LogP contribution in [-0.4, -0.2) is 4.57 Å². The zero-order chi connectivity index (χ0) is 26.2. The molecule has 0 radical (unpaired) electrons. The van der Waals surface area contributed by atoms with Crippen LogP contribution in [0.5, 0.6) is 0 Å². The third kappa shape index (κ3) is 2.97. The smallest absolute Gasteiger partial charge is 0.0626 e. The Kier molecular flexibility index (Phi) is 4.55. The molecule has 0 saturated carbocycles. The van der Waals surface area contributed by atoms with Crippen LogP contribution in [0, 0.1) is 0 Å². The van der Waals surface area contributed by atoms with Crippen LogP contribution in [0.1, 0.15) is 0 Å². The SMILES string of the molecule is c1ccc(-c2cc(-n3c4ccccc4c4c5c6ccccc6sc5c5ccccc5c43)cc3ccccc23)cc1. The minimum atomic E-state index is 1.19. The second-order valence-corrected chi connectivity index (χ2v) is 11.6. The van der Waals surface area contributed by atoms with E-state index in [4.69, 9.17) is 0 Å². The van der Waals surface area contributed by atoms with Crippen molar-refractivity contribution in [3.63, 3.8) is 0 Å². The lowest BCUT2D eigenvalue weighted by atomic mass is 9.97. The Hall–Kier alpha value is -4.92. The summed E-state index contributed by atoms with van der Waals surface area (Å²) in [5, 5.41) is 10.5. The van der Waals surface area contributed by atoms with Crippen LogP contribution in [0.3, 0.4) is 0 Å². The number of aromatic nitrogens is 1. The summed E-state index contributed by atoms with van der Waals surface area (Å²) in [4.78, 5) is 0. The molecule has 0 aliphatic rings. The third-order valence-corrected chi connectivity index (χ3v) is 9.54. The van der Waals surface area contributed by atoms with Gasteiger partial charge in [-0.15, -0.1) is 11.3 Å². The lowest BCUT2D eigenvalue weighted by Gasteiger charge is -2.15. The fourth-order valence-corrected chi connectivity index (χ4v) is 7.92. The molecule has 0 saturated heterocycles. The van der Waals surface area contributed by atoms with Crippen molar-refractivity contribution >= 4 is 74.9 Å². The van der Waals surface area contributed by atoms with Gasteiger partial charge < -0.3 is 4.57 Å². The first-order valence-corrected chi connectivity index (χ1v) is 14.5. The van der Waals surface area contributed by atoms with E-state index in [0.29, 0.717) is 0 Å². The van der Waals surface area contributed by atoms with Crippen molar-refractivity contribution in [1.82, 2.24) is 4.57 Å². The quantitative estimate of drug-likeness (QED) is 0.211. The fraction of sp³-hybridized carbons (Fsp3) is 0. The molecule has 1 nitrogen and oxygen atoms in total. The van der Waals surface area contributed by atoms with Gasteiger partial charge in [-0.2, -0.15) is 0 Å². The number of rotatable bonds is 2. The standard InChI is InChI=1S/C38H23NS/c1-2-12-24(13-3-1)32-23-26(22-25-14-4-5-15-27(25)32)39-33-20-10-8-18-30(33)35-36-31-19-9-11-21-34(31)40-38(36)29-17-7-6-16-28(29)37(35)39/h1-23H. The minimum Gasteiger partial charge on any atom is -0.309 e. The molecule has 2 aromatic heterocycles. The highest BCUT2D eigenvalue weighted by molar-refractivity contribution is 7.27. The number of thiophene rings is 1. The van der Waals surface area contributed by atoms with Crippen molar-refractivity contribution in [2.24, 2.45) is 0 Å². The second-order valence-electron chi connectivity index (χ2n) is 10.5. The molecule has 0 spiro atoms. The number of fused-ring (bicyclic) bond motifs is 11. The lowest BCUT2D eigenvalue weighted by molar-refractivity contribution is 1.19. The molecule has 0 aliphatic heterocycles. The first-order valence-electron chi connectivity index (χ1n) is 13.7. The van der Waals surface area contributed by atoms with E-state index in [2.05, 4.69) is 144 Å². The number of hydrogen-bond acceptors (Lipinski definition) is 1. The van der Waals surface area contributed by atoms with E-state index in [1.807, 2.05) is 11.3 Å². The molecule has 9 rings (SSSR count). The van der Waals surface area contributed by atoms with Gasteiger partial charge in [-0.05, 0) is 46.2 Å². The molecule has 9 aromatic rings. The van der Waals surface area contributed by atoms with E-state index in [1.54, 1.807) is 0 Å². The van der Waals surface area contributed by atoms with Gasteiger partial charge in [-0.25, -0.2) is 0 Å². The van der Waals surface area contributed by atoms with Crippen LogP contribution >= 0.6 is 11.3 Å². The first-order chi connectivity index (χ1) is 19.9. The van der Waals surface area contributed by atoms with Crippen LogP contribution in [-0.2, 0) is 0 Å². The van der Waals surface area contributed by atoms with E-state index >= 15 is 0 Å². The van der Waals surface area contributed by atoms with Crippen LogP contribution in [0.25, 0.3) is 80.3 Å². The van der Waals surface area contributed by atoms with Crippen LogP contribution in [0.15, 0.2) is 140 Å². The molecule has 2 heterocycles. The molecule has 2 heteroatoms. The molecule has 0 unspecified atom stereocenters. The lowest BCUT2D eigenvalue weighted by Crippen LogP contribution is -1.96. The number of para-hydroxylation sites is 1. The van der Waals surface area contributed by atoms with Crippen molar-refractivity contribution in [2.45, 2.75) is 0 Å². The summed E-state index contributed by atoms with van der Waals surface area (Å²) in [5.41, 5.74) is 6.19. The number of benzene rings is 7. The largest absolute Gasteiger partial charge is 0.309 e. The summed E-state index contributed by atoms with van der Waals surface area (Å²) >= 11 is 1.91. The maximum Gasteiger partial charge on any atom is 0.0626 e. The molecule has 7 aromatic carbocycles. The third-order valence-electron chi connectivity index (χ3n) is 8.34. The molecule has 0 atom stereocenters. The molecule has 0 bridgehead atoms. The predicted molar refractivity (Wildman–Crippen MR) is 174 cm³/mol. The van der Waals surface area contributed by atoms with E-state index in [9.17, 15) is 0 Å². The van der Waals surface area contributed by atoms with Crippen molar-refractivity contribution in [3.05, 3.63) is 140 Å². The summed E-state index contributed by atoms with van der Waals surface area (Å²) < 4.78 is 5.22. The maximum absolute atomic E-state index is 2.51. The first kappa shape index (κ1) is 22.0. The molecular weight excluding hydrogens is 502 g/mol. The minimum absolute atomic E-state index is 1.19. The average Bonchev–Trinajstić information content (AvgIpc) is 3.58. The van der Waals surface area contributed by atoms with Crippen LogP contribution in [0.4, 0.5) is 0 Å². The molecule has 0 fully saturated rings. The molecule has 0 amide bonds.